The third-order valence-electron chi connectivity index (χ3n) is 1.98. The SMILES string of the molecule is CCC(C)CC(=O)N[C@@H](C)C(=O)O. The van der Waals surface area contributed by atoms with E-state index in [-0.39, 0.29) is 5.91 Å². The third kappa shape index (κ3) is 5.22. The maximum absolute atomic E-state index is 11.2. The van der Waals surface area contributed by atoms with Gasteiger partial charge in [-0.25, -0.2) is 0 Å². The topological polar surface area (TPSA) is 66.4 Å². The zero-order valence-corrected chi connectivity index (χ0v) is 8.33. The van der Waals surface area contributed by atoms with Crippen molar-refractivity contribution in [2.45, 2.75) is 39.7 Å². The standard InChI is InChI=1S/C9H17NO3/c1-4-6(2)5-8(11)10-7(3)9(12)13/h6-7H,4-5H2,1-3H3,(H,10,11)(H,12,13)/t6?,7-/m0/s1. The van der Waals surface area contributed by atoms with Crippen molar-refractivity contribution in [1.82, 2.24) is 5.32 Å². The van der Waals surface area contributed by atoms with Crippen LogP contribution in [-0.2, 0) is 9.59 Å². The van der Waals surface area contributed by atoms with Gasteiger partial charge in [-0.1, -0.05) is 20.3 Å². The molecule has 0 saturated carbocycles. The second-order valence-corrected chi connectivity index (χ2v) is 3.34. The summed E-state index contributed by atoms with van der Waals surface area (Å²) in [5, 5.41) is 10.9. The first-order chi connectivity index (χ1) is 5.97. The number of hydrogen-bond donors (Lipinski definition) is 2. The second-order valence-electron chi connectivity index (χ2n) is 3.34. The van der Waals surface area contributed by atoms with E-state index < -0.39 is 12.0 Å². The minimum absolute atomic E-state index is 0.191. The van der Waals surface area contributed by atoms with E-state index in [1.165, 1.54) is 6.92 Å². The molecule has 0 spiro atoms. The Bertz CT molecular complexity index is 191. The molecule has 2 atom stereocenters. The molecule has 1 unspecified atom stereocenters. The number of nitrogens with one attached hydrogen (secondary N) is 1. The van der Waals surface area contributed by atoms with Crippen molar-refractivity contribution in [3.05, 3.63) is 0 Å². The van der Waals surface area contributed by atoms with Crippen LogP contribution in [0, 0.1) is 5.92 Å². The number of amides is 1. The number of hydrogen-bond acceptors (Lipinski definition) is 2. The van der Waals surface area contributed by atoms with E-state index in [2.05, 4.69) is 5.32 Å². The Morgan fingerprint density at radius 1 is 1.38 bits per heavy atom. The Hall–Kier alpha value is -1.06. The maximum atomic E-state index is 11.2. The minimum Gasteiger partial charge on any atom is -0.480 e. The van der Waals surface area contributed by atoms with E-state index in [4.69, 9.17) is 5.11 Å². The molecule has 4 nitrogen and oxygen atoms in total. The lowest BCUT2D eigenvalue weighted by Crippen LogP contribution is -2.38. The zero-order chi connectivity index (χ0) is 10.4. The van der Waals surface area contributed by atoms with Gasteiger partial charge in [0.25, 0.3) is 0 Å². The number of carbonyl (C=O) groups is 2. The van der Waals surface area contributed by atoms with Crippen LogP contribution in [0.2, 0.25) is 0 Å². The summed E-state index contributed by atoms with van der Waals surface area (Å²) in [6.07, 6.45) is 1.32. The molecule has 0 radical (unpaired) electrons. The number of rotatable bonds is 5. The first-order valence-corrected chi connectivity index (χ1v) is 4.49. The lowest BCUT2D eigenvalue weighted by Gasteiger charge is -2.11. The summed E-state index contributed by atoms with van der Waals surface area (Å²) < 4.78 is 0. The summed E-state index contributed by atoms with van der Waals surface area (Å²) >= 11 is 0. The van der Waals surface area contributed by atoms with Crippen LogP contribution in [0.3, 0.4) is 0 Å². The number of carboxylic acids is 1. The highest BCUT2D eigenvalue weighted by atomic mass is 16.4. The molecule has 0 aliphatic rings. The molecule has 13 heavy (non-hydrogen) atoms. The minimum atomic E-state index is -1.00. The first kappa shape index (κ1) is 11.9. The third-order valence-corrected chi connectivity index (χ3v) is 1.98. The van der Waals surface area contributed by atoms with Gasteiger partial charge in [0.1, 0.15) is 6.04 Å². The van der Waals surface area contributed by atoms with E-state index in [1.807, 2.05) is 13.8 Å². The molecule has 0 rings (SSSR count). The average molecular weight is 187 g/mol. The Morgan fingerprint density at radius 2 is 1.92 bits per heavy atom. The van der Waals surface area contributed by atoms with Gasteiger partial charge in [0.05, 0.1) is 0 Å². The molecule has 0 saturated heterocycles. The summed E-state index contributed by atoms with van der Waals surface area (Å²) in [4.78, 5) is 21.5. The molecular weight excluding hydrogens is 170 g/mol. The van der Waals surface area contributed by atoms with E-state index in [0.717, 1.165) is 6.42 Å². The maximum Gasteiger partial charge on any atom is 0.325 e. The van der Waals surface area contributed by atoms with Crippen molar-refractivity contribution in [1.29, 1.82) is 0 Å². The summed E-state index contributed by atoms with van der Waals surface area (Å²) in [5.74, 6) is -0.886. The largest absolute Gasteiger partial charge is 0.480 e. The average Bonchev–Trinajstić information content (AvgIpc) is 2.03. The summed E-state index contributed by atoms with van der Waals surface area (Å²) in [6, 6.07) is -0.795. The number of carboxylic acid groups (broad SMARTS) is 1. The normalized spacial score (nSPS) is 14.7. The predicted octanol–water partition coefficient (Wildman–Crippen LogP) is 1.01. The van der Waals surface area contributed by atoms with Gasteiger partial charge in [-0.2, -0.15) is 0 Å². The fourth-order valence-corrected chi connectivity index (χ4v) is 0.823. The van der Waals surface area contributed by atoms with E-state index in [0.29, 0.717) is 12.3 Å². The molecule has 4 heteroatoms. The van der Waals surface area contributed by atoms with Gasteiger partial charge in [-0.05, 0) is 12.8 Å². The lowest BCUT2D eigenvalue weighted by molar-refractivity contribution is -0.141. The highest BCUT2D eigenvalue weighted by molar-refractivity contribution is 5.83. The monoisotopic (exact) mass is 187 g/mol. The fraction of sp³-hybridized carbons (Fsp3) is 0.778. The van der Waals surface area contributed by atoms with Crippen LogP contribution in [-0.4, -0.2) is 23.0 Å². The lowest BCUT2D eigenvalue weighted by atomic mass is 10.0. The van der Waals surface area contributed by atoms with Gasteiger partial charge in [-0.3, -0.25) is 9.59 Å². The van der Waals surface area contributed by atoms with E-state index in [1.54, 1.807) is 0 Å². The van der Waals surface area contributed by atoms with Gasteiger partial charge in [0, 0.05) is 6.42 Å². The van der Waals surface area contributed by atoms with E-state index in [9.17, 15) is 9.59 Å². The summed E-state index contributed by atoms with van der Waals surface area (Å²) in [6.45, 7) is 5.42. The second kappa shape index (κ2) is 5.56. The van der Waals surface area contributed by atoms with Crippen molar-refractivity contribution < 1.29 is 14.7 Å². The molecule has 0 aromatic rings. The van der Waals surface area contributed by atoms with Crippen LogP contribution in [0.1, 0.15) is 33.6 Å². The van der Waals surface area contributed by atoms with Crippen molar-refractivity contribution in [3.63, 3.8) is 0 Å². The molecule has 76 valence electrons. The molecular formula is C9H17NO3. The van der Waals surface area contributed by atoms with Crippen LogP contribution in [0.5, 0.6) is 0 Å². The molecule has 0 aromatic heterocycles. The predicted molar refractivity (Wildman–Crippen MR) is 49.3 cm³/mol. The van der Waals surface area contributed by atoms with E-state index >= 15 is 0 Å². The smallest absolute Gasteiger partial charge is 0.325 e. The molecule has 2 N–H and O–H groups in total. The van der Waals surface area contributed by atoms with Crippen LogP contribution < -0.4 is 5.32 Å². The molecule has 0 aliphatic carbocycles. The van der Waals surface area contributed by atoms with Crippen molar-refractivity contribution in [2.75, 3.05) is 0 Å². The van der Waals surface area contributed by atoms with Gasteiger partial charge >= 0.3 is 5.97 Å². The highest BCUT2D eigenvalue weighted by Gasteiger charge is 2.14. The van der Waals surface area contributed by atoms with Crippen molar-refractivity contribution in [3.8, 4) is 0 Å². The molecule has 0 fully saturated rings. The Labute approximate surface area is 78.3 Å². The molecule has 0 aliphatic heterocycles. The quantitative estimate of drug-likeness (QED) is 0.675. The highest BCUT2D eigenvalue weighted by Crippen LogP contribution is 2.05. The van der Waals surface area contributed by atoms with Gasteiger partial charge in [0.15, 0.2) is 0 Å². The number of aliphatic carboxylic acids is 1. The Morgan fingerprint density at radius 3 is 2.31 bits per heavy atom. The summed E-state index contributed by atoms with van der Waals surface area (Å²) in [5.41, 5.74) is 0. The van der Waals surface area contributed by atoms with Crippen LogP contribution in [0.25, 0.3) is 0 Å². The van der Waals surface area contributed by atoms with Gasteiger partial charge < -0.3 is 10.4 Å². The first-order valence-electron chi connectivity index (χ1n) is 4.49. The Kier molecular flexibility index (Phi) is 5.11. The van der Waals surface area contributed by atoms with Crippen LogP contribution in [0.4, 0.5) is 0 Å². The van der Waals surface area contributed by atoms with Gasteiger partial charge in [0.2, 0.25) is 5.91 Å². The van der Waals surface area contributed by atoms with Gasteiger partial charge in [-0.15, -0.1) is 0 Å². The van der Waals surface area contributed by atoms with Crippen molar-refractivity contribution >= 4 is 11.9 Å². The number of carbonyl (C=O) groups excluding carboxylic acids is 1. The Balaban J connectivity index is 3.81. The summed E-state index contributed by atoms with van der Waals surface area (Å²) in [7, 11) is 0. The molecule has 0 heterocycles. The van der Waals surface area contributed by atoms with Crippen LogP contribution in [0.15, 0.2) is 0 Å². The zero-order valence-electron chi connectivity index (χ0n) is 8.33. The molecule has 0 bridgehead atoms. The molecule has 0 aromatic carbocycles. The van der Waals surface area contributed by atoms with Crippen molar-refractivity contribution in [2.24, 2.45) is 5.92 Å². The fourth-order valence-electron chi connectivity index (χ4n) is 0.823. The molecule has 1 amide bonds. The van der Waals surface area contributed by atoms with Crippen LogP contribution >= 0.6 is 0 Å².